The van der Waals surface area contributed by atoms with Crippen molar-refractivity contribution in [1.29, 1.82) is 5.26 Å². The fourth-order valence-electron chi connectivity index (χ4n) is 3.57. The zero-order valence-corrected chi connectivity index (χ0v) is 17.2. The highest BCUT2D eigenvalue weighted by Gasteiger charge is 2.29. The van der Waals surface area contributed by atoms with Crippen molar-refractivity contribution in [3.63, 3.8) is 0 Å². The minimum atomic E-state index is -0.115. The third-order valence-electron chi connectivity index (χ3n) is 5.17. The molecule has 1 aliphatic rings. The molecule has 3 aromatic rings. The summed E-state index contributed by atoms with van der Waals surface area (Å²) in [5.41, 5.74) is 0.215. The van der Waals surface area contributed by atoms with Gasteiger partial charge in [-0.05, 0) is 44.1 Å². The molecular formula is C19H21N7O3S. The van der Waals surface area contributed by atoms with Crippen molar-refractivity contribution < 1.29 is 13.6 Å². The second-order valence-corrected chi connectivity index (χ2v) is 7.32. The predicted molar refractivity (Wildman–Crippen MR) is 109 cm³/mol. The van der Waals surface area contributed by atoms with Gasteiger partial charge in [-0.25, -0.2) is 0 Å². The van der Waals surface area contributed by atoms with E-state index in [-0.39, 0.29) is 23.4 Å². The largest absolute Gasteiger partial charge is 0.459 e. The first kappa shape index (κ1) is 19.9. The lowest BCUT2D eigenvalue weighted by atomic mass is 9.96. The van der Waals surface area contributed by atoms with Crippen LogP contribution in [0, 0.1) is 22.0 Å². The van der Waals surface area contributed by atoms with Gasteiger partial charge in [0.15, 0.2) is 16.4 Å². The van der Waals surface area contributed by atoms with Crippen LogP contribution in [0.25, 0.3) is 11.7 Å². The van der Waals surface area contributed by atoms with Crippen LogP contribution in [-0.2, 0) is 17.9 Å². The van der Waals surface area contributed by atoms with E-state index in [0.29, 0.717) is 61.3 Å². The number of H-pyrrole nitrogens is 1. The van der Waals surface area contributed by atoms with Gasteiger partial charge in [0.1, 0.15) is 6.07 Å². The van der Waals surface area contributed by atoms with Crippen molar-refractivity contribution in [2.45, 2.75) is 32.9 Å². The van der Waals surface area contributed by atoms with Crippen molar-refractivity contribution in [1.82, 2.24) is 25.1 Å². The standard InChI is InChI=1S/C19H21N7O3S/c1-2-26-15(23-24-19(26)30)11-21-16(27)12-5-7-25(8-6-12)18-13(10-20)22-17(29-18)14-4-3-9-28-14/h3-4,9,12H,2,5-8,11H2,1H3,(H,21,27)(H,24,30). The Kier molecular flexibility index (Phi) is 5.67. The molecule has 10 nitrogen and oxygen atoms in total. The van der Waals surface area contributed by atoms with Gasteiger partial charge in [0, 0.05) is 25.6 Å². The number of nitrogens with zero attached hydrogens (tertiary/aromatic N) is 5. The number of nitriles is 1. The first-order chi connectivity index (χ1) is 14.6. The molecule has 0 saturated carbocycles. The molecule has 1 amide bonds. The van der Waals surface area contributed by atoms with Gasteiger partial charge < -0.3 is 23.6 Å². The number of furan rings is 1. The summed E-state index contributed by atoms with van der Waals surface area (Å²) in [5, 5.41) is 19.3. The maximum Gasteiger partial charge on any atom is 0.266 e. The zero-order chi connectivity index (χ0) is 21.1. The number of carbonyl (C=O) groups is 1. The topological polar surface area (TPSA) is 129 Å². The first-order valence-corrected chi connectivity index (χ1v) is 10.1. The predicted octanol–water partition coefficient (Wildman–Crippen LogP) is 2.61. The number of hydrogen-bond acceptors (Lipinski definition) is 8. The van der Waals surface area contributed by atoms with Crippen molar-refractivity contribution in [2.24, 2.45) is 5.92 Å². The van der Waals surface area contributed by atoms with Crippen LogP contribution in [0.4, 0.5) is 5.88 Å². The van der Waals surface area contributed by atoms with Crippen LogP contribution < -0.4 is 10.2 Å². The lowest BCUT2D eigenvalue weighted by molar-refractivity contribution is -0.125. The average Bonchev–Trinajstić information content (AvgIpc) is 3.51. The van der Waals surface area contributed by atoms with Crippen LogP contribution in [0.5, 0.6) is 0 Å². The molecule has 2 N–H and O–H groups in total. The molecule has 30 heavy (non-hydrogen) atoms. The SMILES string of the molecule is CCn1c(CNC(=O)C2CCN(c3oc(-c4ccco4)nc3C#N)CC2)n[nH]c1=S. The molecule has 4 heterocycles. The summed E-state index contributed by atoms with van der Waals surface area (Å²) in [4.78, 5) is 18.8. The van der Waals surface area contributed by atoms with Crippen LogP contribution in [0.3, 0.4) is 0 Å². The van der Waals surface area contributed by atoms with Crippen molar-refractivity contribution in [3.05, 3.63) is 34.7 Å². The van der Waals surface area contributed by atoms with E-state index in [1.807, 2.05) is 16.4 Å². The first-order valence-electron chi connectivity index (χ1n) is 9.72. The van der Waals surface area contributed by atoms with E-state index in [1.165, 1.54) is 6.26 Å². The molecule has 1 aliphatic heterocycles. The summed E-state index contributed by atoms with van der Waals surface area (Å²) < 4.78 is 13.5. The Bertz CT molecular complexity index is 1110. The molecule has 0 aromatic carbocycles. The highest BCUT2D eigenvalue weighted by atomic mass is 32.1. The number of oxazole rings is 1. The highest BCUT2D eigenvalue weighted by Crippen LogP contribution is 2.31. The zero-order valence-electron chi connectivity index (χ0n) is 16.4. The van der Waals surface area contributed by atoms with Gasteiger partial charge in [-0.1, -0.05) is 0 Å². The number of carbonyl (C=O) groups excluding carboxylic acids is 1. The average molecular weight is 427 g/mol. The highest BCUT2D eigenvalue weighted by molar-refractivity contribution is 7.71. The molecule has 0 atom stereocenters. The van der Waals surface area contributed by atoms with E-state index < -0.39 is 0 Å². The van der Waals surface area contributed by atoms with E-state index >= 15 is 0 Å². The molecule has 0 unspecified atom stereocenters. The van der Waals surface area contributed by atoms with E-state index in [4.69, 9.17) is 21.1 Å². The van der Waals surface area contributed by atoms with E-state index in [2.05, 4.69) is 26.6 Å². The van der Waals surface area contributed by atoms with Gasteiger partial charge in [0.25, 0.3) is 5.89 Å². The summed E-state index contributed by atoms with van der Waals surface area (Å²) >= 11 is 5.17. The number of hydrogen-bond donors (Lipinski definition) is 2. The Morgan fingerprint density at radius 1 is 1.47 bits per heavy atom. The minimum Gasteiger partial charge on any atom is -0.459 e. The molecule has 1 fully saturated rings. The second-order valence-electron chi connectivity index (χ2n) is 6.93. The Morgan fingerprint density at radius 3 is 2.93 bits per heavy atom. The third kappa shape index (κ3) is 3.86. The Balaban J connectivity index is 1.36. The molecule has 0 bridgehead atoms. The number of nitrogens with one attached hydrogen (secondary N) is 2. The van der Waals surface area contributed by atoms with Gasteiger partial charge in [-0.2, -0.15) is 15.3 Å². The van der Waals surface area contributed by atoms with Gasteiger partial charge in [-0.15, -0.1) is 0 Å². The normalized spacial score (nSPS) is 14.6. The molecule has 11 heteroatoms. The molecule has 0 aliphatic carbocycles. The minimum absolute atomic E-state index is 0.0134. The molecule has 1 saturated heterocycles. The van der Waals surface area contributed by atoms with Crippen LogP contribution in [0.15, 0.2) is 27.2 Å². The Morgan fingerprint density at radius 2 is 2.27 bits per heavy atom. The van der Waals surface area contributed by atoms with Gasteiger partial charge in [0.2, 0.25) is 17.5 Å². The van der Waals surface area contributed by atoms with Crippen LogP contribution >= 0.6 is 12.2 Å². The lowest BCUT2D eigenvalue weighted by Gasteiger charge is -2.30. The second kappa shape index (κ2) is 8.54. The summed E-state index contributed by atoms with van der Waals surface area (Å²) in [6.07, 6.45) is 2.82. The maximum absolute atomic E-state index is 12.6. The summed E-state index contributed by atoms with van der Waals surface area (Å²) in [7, 11) is 0. The van der Waals surface area contributed by atoms with Gasteiger partial charge in [0.05, 0.1) is 12.8 Å². The van der Waals surface area contributed by atoms with Crippen LogP contribution in [-0.4, -0.2) is 38.7 Å². The fraction of sp³-hybridized carbons (Fsp3) is 0.421. The summed E-state index contributed by atoms with van der Waals surface area (Å²) in [6, 6.07) is 5.53. The maximum atomic E-state index is 12.6. The number of aromatic nitrogens is 4. The van der Waals surface area contributed by atoms with E-state index in [1.54, 1.807) is 12.1 Å². The molecular weight excluding hydrogens is 406 g/mol. The quantitative estimate of drug-likeness (QED) is 0.574. The Hall–Kier alpha value is -3.39. The van der Waals surface area contributed by atoms with Crippen LogP contribution in [0.1, 0.15) is 31.3 Å². The monoisotopic (exact) mass is 427 g/mol. The molecule has 156 valence electrons. The fourth-order valence-corrected chi connectivity index (χ4v) is 3.85. The number of piperidine rings is 1. The smallest absolute Gasteiger partial charge is 0.266 e. The van der Waals surface area contributed by atoms with Gasteiger partial charge in [-0.3, -0.25) is 9.89 Å². The van der Waals surface area contributed by atoms with Crippen molar-refractivity contribution >= 4 is 24.0 Å². The van der Waals surface area contributed by atoms with Crippen LogP contribution in [0.2, 0.25) is 0 Å². The number of aromatic amines is 1. The number of anilines is 1. The molecule has 0 radical (unpaired) electrons. The number of rotatable bonds is 6. The number of amides is 1. The van der Waals surface area contributed by atoms with Crippen molar-refractivity contribution in [2.75, 3.05) is 18.0 Å². The lowest BCUT2D eigenvalue weighted by Crippen LogP contribution is -2.40. The summed E-state index contributed by atoms with van der Waals surface area (Å²) in [5.74, 6) is 1.74. The molecule has 3 aromatic heterocycles. The third-order valence-corrected chi connectivity index (χ3v) is 5.49. The van der Waals surface area contributed by atoms with Gasteiger partial charge >= 0.3 is 0 Å². The van der Waals surface area contributed by atoms with E-state index in [9.17, 15) is 10.1 Å². The van der Waals surface area contributed by atoms with E-state index in [0.717, 1.165) is 0 Å². The molecule has 0 spiro atoms. The molecule has 4 rings (SSSR count). The van der Waals surface area contributed by atoms with Crippen molar-refractivity contribution in [3.8, 4) is 17.7 Å². The summed E-state index contributed by atoms with van der Waals surface area (Å²) in [6.45, 7) is 4.17. The Labute approximate surface area is 177 Å².